The number of hydrogen-bond acceptors (Lipinski definition) is 3. The van der Waals surface area contributed by atoms with Gasteiger partial charge in [-0.25, -0.2) is 0 Å². The number of likely N-dealkylation sites (tertiary alicyclic amines) is 1. The zero-order chi connectivity index (χ0) is 16.4. The van der Waals surface area contributed by atoms with Gasteiger partial charge in [0.15, 0.2) is 0 Å². The monoisotopic (exact) mass is 316 g/mol. The lowest BCUT2D eigenvalue weighted by atomic mass is 10.0. The van der Waals surface area contributed by atoms with E-state index in [2.05, 4.69) is 11.0 Å². The molecule has 1 N–H and O–H groups in total. The van der Waals surface area contributed by atoms with Gasteiger partial charge in [0.1, 0.15) is 0 Å². The van der Waals surface area contributed by atoms with E-state index >= 15 is 0 Å². The number of benzene rings is 1. The summed E-state index contributed by atoms with van der Waals surface area (Å²) in [5, 5.41) is 10.5. The van der Waals surface area contributed by atoms with Gasteiger partial charge < -0.3 is 14.9 Å². The molecule has 4 nitrogen and oxygen atoms in total. The molecule has 126 valence electrons. The summed E-state index contributed by atoms with van der Waals surface area (Å²) in [7, 11) is 0. The number of amides is 1. The molecule has 1 unspecified atom stereocenters. The molecule has 0 radical (unpaired) electrons. The van der Waals surface area contributed by atoms with Crippen molar-refractivity contribution in [2.75, 3.05) is 31.1 Å². The highest BCUT2D eigenvalue weighted by Crippen LogP contribution is 2.32. The molecule has 1 atom stereocenters. The lowest BCUT2D eigenvalue weighted by Gasteiger charge is -2.28. The molecule has 3 rings (SSSR count). The highest BCUT2D eigenvalue weighted by atomic mass is 16.3. The molecule has 23 heavy (non-hydrogen) atoms. The molecule has 0 aromatic heterocycles. The Labute approximate surface area is 139 Å². The second-order valence-corrected chi connectivity index (χ2v) is 7.16. The maximum Gasteiger partial charge on any atom is 0.229 e. The van der Waals surface area contributed by atoms with E-state index in [0.29, 0.717) is 6.54 Å². The predicted molar refractivity (Wildman–Crippen MR) is 92.6 cm³/mol. The fourth-order valence-electron chi connectivity index (χ4n) is 3.66. The fraction of sp³-hybridized carbons (Fsp3) is 0.632. The third kappa shape index (κ3) is 3.59. The standard InChI is InChI=1S/C19H28N2O2/c1-14(2)19(23)21-11-8-15-12-16(6-7-17(15)21)18(22)13-20-9-4-3-5-10-20/h6-7,12,14,18,22H,3-5,8-11,13H2,1-2H3. The van der Waals surface area contributed by atoms with Gasteiger partial charge in [0, 0.05) is 24.7 Å². The van der Waals surface area contributed by atoms with Gasteiger partial charge in [0.05, 0.1) is 6.10 Å². The quantitative estimate of drug-likeness (QED) is 0.929. The van der Waals surface area contributed by atoms with Crippen LogP contribution >= 0.6 is 0 Å². The number of nitrogens with zero attached hydrogens (tertiary/aromatic N) is 2. The Morgan fingerprint density at radius 1 is 1.17 bits per heavy atom. The van der Waals surface area contributed by atoms with E-state index in [1.165, 1.54) is 24.8 Å². The fourth-order valence-corrected chi connectivity index (χ4v) is 3.66. The SMILES string of the molecule is CC(C)C(=O)N1CCc2cc(C(O)CN3CCCCC3)ccc21. The molecule has 2 aliphatic heterocycles. The molecule has 1 fully saturated rings. The van der Waals surface area contributed by atoms with E-state index < -0.39 is 6.10 Å². The van der Waals surface area contributed by atoms with E-state index in [-0.39, 0.29) is 11.8 Å². The van der Waals surface area contributed by atoms with Crippen molar-refractivity contribution in [2.45, 2.75) is 45.6 Å². The average Bonchev–Trinajstić information content (AvgIpc) is 2.97. The molecule has 1 saturated heterocycles. The smallest absolute Gasteiger partial charge is 0.229 e. The summed E-state index contributed by atoms with van der Waals surface area (Å²) >= 11 is 0. The van der Waals surface area contributed by atoms with Gasteiger partial charge in [0.25, 0.3) is 0 Å². The molecule has 1 amide bonds. The van der Waals surface area contributed by atoms with Gasteiger partial charge in [-0.2, -0.15) is 0 Å². The Bertz CT molecular complexity index is 564. The Balaban J connectivity index is 1.70. The Hall–Kier alpha value is -1.39. The van der Waals surface area contributed by atoms with Gasteiger partial charge >= 0.3 is 0 Å². The molecule has 1 aromatic rings. The second-order valence-electron chi connectivity index (χ2n) is 7.16. The Kier molecular flexibility index (Phi) is 5.02. The van der Waals surface area contributed by atoms with E-state index in [1.54, 1.807) is 0 Å². The van der Waals surface area contributed by atoms with E-state index in [9.17, 15) is 9.90 Å². The van der Waals surface area contributed by atoms with Gasteiger partial charge in [-0.3, -0.25) is 4.79 Å². The van der Waals surface area contributed by atoms with E-state index in [1.807, 2.05) is 30.9 Å². The van der Waals surface area contributed by atoms with Crippen LogP contribution in [-0.2, 0) is 11.2 Å². The normalized spacial score (nSPS) is 19.9. The number of piperidine rings is 1. The summed E-state index contributed by atoms with van der Waals surface area (Å²) in [6, 6.07) is 6.09. The van der Waals surface area contributed by atoms with Crippen molar-refractivity contribution in [3.8, 4) is 0 Å². The minimum Gasteiger partial charge on any atom is -0.387 e. The van der Waals surface area contributed by atoms with Crippen molar-refractivity contribution in [1.82, 2.24) is 4.90 Å². The van der Waals surface area contributed by atoms with Crippen molar-refractivity contribution in [1.29, 1.82) is 0 Å². The molecular weight excluding hydrogens is 288 g/mol. The largest absolute Gasteiger partial charge is 0.387 e. The number of fused-ring (bicyclic) bond motifs is 1. The highest BCUT2D eigenvalue weighted by Gasteiger charge is 2.27. The van der Waals surface area contributed by atoms with Crippen LogP contribution in [0.5, 0.6) is 0 Å². The van der Waals surface area contributed by atoms with Crippen molar-refractivity contribution in [3.05, 3.63) is 29.3 Å². The summed E-state index contributed by atoms with van der Waals surface area (Å²) < 4.78 is 0. The summed E-state index contributed by atoms with van der Waals surface area (Å²) in [6.07, 6.45) is 4.24. The van der Waals surface area contributed by atoms with Crippen LogP contribution in [0.4, 0.5) is 5.69 Å². The van der Waals surface area contributed by atoms with Gasteiger partial charge in [0.2, 0.25) is 5.91 Å². The Morgan fingerprint density at radius 3 is 2.61 bits per heavy atom. The molecule has 0 spiro atoms. The van der Waals surface area contributed by atoms with Gasteiger partial charge in [-0.15, -0.1) is 0 Å². The van der Waals surface area contributed by atoms with Crippen molar-refractivity contribution < 1.29 is 9.90 Å². The van der Waals surface area contributed by atoms with Crippen LogP contribution in [0.2, 0.25) is 0 Å². The maximum atomic E-state index is 12.3. The third-order valence-corrected chi connectivity index (χ3v) is 5.02. The first-order chi connectivity index (χ1) is 11.1. The van der Waals surface area contributed by atoms with Crippen LogP contribution < -0.4 is 4.90 Å². The second kappa shape index (κ2) is 7.02. The van der Waals surface area contributed by atoms with Crippen molar-refractivity contribution >= 4 is 11.6 Å². The van der Waals surface area contributed by atoms with Crippen LogP contribution in [0.25, 0.3) is 0 Å². The number of carbonyl (C=O) groups is 1. The zero-order valence-electron chi connectivity index (χ0n) is 14.3. The summed E-state index contributed by atoms with van der Waals surface area (Å²) in [5.41, 5.74) is 3.19. The van der Waals surface area contributed by atoms with Crippen LogP contribution in [0.15, 0.2) is 18.2 Å². The van der Waals surface area contributed by atoms with Crippen LogP contribution in [0.1, 0.15) is 50.3 Å². The number of rotatable bonds is 4. The van der Waals surface area contributed by atoms with Crippen LogP contribution in [0, 0.1) is 5.92 Å². The minimum atomic E-state index is -0.437. The minimum absolute atomic E-state index is 0.0188. The van der Waals surface area contributed by atoms with Gasteiger partial charge in [-0.05, 0) is 49.5 Å². The average molecular weight is 316 g/mol. The predicted octanol–water partition coefficient (Wildman–Crippen LogP) is 2.75. The molecule has 2 aliphatic rings. The number of β-amino-alcohol motifs (C(OH)–C–C–N with tert-alkyl or cyclic N) is 1. The summed E-state index contributed by atoms with van der Waals surface area (Å²) in [4.78, 5) is 16.5. The maximum absolute atomic E-state index is 12.3. The molecular formula is C19H28N2O2. The topological polar surface area (TPSA) is 43.8 Å². The van der Waals surface area contributed by atoms with E-state index in [0.717, 1.165) is 37.3 Å². The third-order valence-electron chi connectivity index (χ3n) is 5.02. The van der Waals surface area contributed by atoms with Crippen molar-refractivity contribution in [2.24, 2.45) is 5.92 Å². The Morgan fingerprint density at radius 2 is 1.91 bits per heavy atom. The number of aliphatic hydroxyl groups excluding tert-OH is 1. The highest BCUT2D eigenvalue weighted by molar-refractivity contribution is 5.96. The summed E-state index contributed by atoms with van der Waals surface area (Å²) in [6.45, 7) is 7.55. The zero-order valence-corrected chi connectivity index (χ0v) is 14.3. The molecule has 1 aromatic carbocycles. The number of hydrogen-bond donors (Lipinski definition) is 1. The number of carbonyl (C=O) groups excluding carboxylic acids is 1. The lowest BCUT2D eigenvalue weighted by Crippen LogP contribution is -2.33. The first kappa shape index (κ1) is 16.5. The number of aliphatic hydroxyl groups is 1. The molecule has 4 heteroatoms. The molecule has 0 bridgehead atoms. The molecule has 2 heterocycles. The molecule has 0 aliphatic carbocycles. The van der Waals surface area contributed by atoms with Crippen LogP contribution in [0.3, 0.4) is 0 Å². The summed E-state index contributed by atoms with van der Waals surface area (Å²) in [5.74, 6) is 0.204. The first-order valence-electron chi connectivity index (χ1n) is 8.91. The van der Waals surface area contributed by atoms with Crippen molar-refractivity contribution in [3.63, 3.8) is 0 Å². The first-order valence-corrected chi connectivity index (χ1v) is 8.91. The van der Waals surface area contributed by atoms with Gasteiger partial charge in [-0.1, -0.05) is 32.4 Å². The number of anilines is 1. The lowest BCUT2D eigenvalue weighted by molar-refractivity contribution is -0.121. The molecule has 0 saturated carbocycles. The van der Waals surface area contributed by atoms with E-state index in [4.69, 9.17) is 0 Å². The van der Waals surface area contributed by atoms with Crippen LogP contribution in [-0.4, -0.2) is 42.1 Å².